The number of benzene rings is 1. The van der Waals surface area contributed by atoms with E-state index in [1.165, 1.54) is 16.5 Å². The highest BCUT2D eigenvalue weighted by Gasteiger charge is 2.24. The number of ether oxygens (including phenoxy) is 1. The molecular weight excluding hydrogens is 346 g/mol. The topological polar surface area (TPSA) is 81.5 Å². The van der Waals surface area contributed by atoms with Gasteiger partial charge in [0.1, 0.15) is 17.0 Å². The van der Waals surface area contributed by atoms with E-state index in [1.807, 2.05) is 18.2 Å². The molecule has 0 atom stereocenters. The normalized spacial score (nSPS) is 11.6. The van der Waals surface area contributed by atoms with Gasteiger partial charge in [-0.15, -0.1) is 0 Å². The SMILES string of the molecule is CN(C(=O)OC(C)(C)C)c1cc2c3ccccc3nc(C=O)c2n(C)c1=O. The minimum Gasteiger partial charge on any atom is -0.443 e. The van der Waals surface area contributed by atoms with Gasteiger partial charge >= 0.3 is 6.09 Å². The van der Waals surface area contributed by atoms with Gasteiger partial charge in [-0.2, -0.15) is 0 Å². The van der Waals surface area contributed by atoms with Crippen molar-refractivity contribution in [1.82, 2.24) is 9.55 Å². The van der Waals surface area contributed by atoms with Gasteiger partial charge in [0.05, 0.1) is 11.0 Å². The molecule has 3 aromatic rings. The number of aryl methyl sites for hydroxylation is 1. The molecule has 27 heavy (non-hydrogen) atoms. The molecule has 1 amide bonds. The van der Waals surface area contributed by atoms with Crippen LogP contribution in [0.2, 0.25) is 0 Å². The summed E-state index contributed by atoms with van der Waals surface area (Å²) in [5.74, 6) is 0. The van der Waals surface area contributed by atoms with Crippen LogP contribution in [0.5, 0.6) is 0 Å². The first-order valence-electron chi connectivity index (χ1n) is 8.48. The highest BCUT2D eigenvalue weighted by molar-refractivity contribution is 6.10. The first-order chi connectivity index (χ1) is 12.6. The monoisotopic (exact) mass is 367 g/mol. The zero-order valence-electron chi connectivity index (χ0n) is 15.9. The van der Waals surface area contributed by atoms with Crippen molar-refractivity contribution in [1.29, 1.82) is 0 Å². The molecule has 0 N–H and O–H groups in total. The molecule has 3 rings (SSSR count). The Morgan fingerprint density at radius 1 is 1.22 bits per heavy atom. The van der Waals surface area contributed by atoms with Crippen LogP contribution in [0.3, 0.4) is 0 Å². The predicted octanol–water partition coefficient (Wildman–Crippen LogP) is 3.27. The van der Waals surface area contributed by atoms with Crippen LogP contribution >= 0.6 is 0 Å². The maximum absolute atomic E-state index is 12.9. The van der Waals surface area contributed by atoms with Crippen molar-refractivity contribution in [2.75, 3.05) is 11.9 Å². The Hall–Kier alpha value is -3.22. The van der Waals surface area contributed by atoms with Gasteiger partial charge in [-0.05, 0) is 32.9 Å². The van der Waals surface area contributed by atoms with Gasteiger partial charge < -0.3 is 9.30 Å². The summed E-state index contributed by atoms with van der Waals surface area (Å²) in [5, 5.41) is 1.45. The molecule has 0 spiro atoms. The van der Waals surface area contributed by atoms with E-state index in [-0.39, 0.29) is 11.4 Å². The van der Waals surface area contributed by atoms with E-state index < -0.39 is 17.3 Å². The molecule has 0 aliphatic carbocycles. The quantitative estimate of drug-likeness (QED) is 0.513. The second-order valence-corrected chi connectivity index (χ2v) is 7.33. The Morgan fingerprint density at radius 3 is 2.52 bits per heavy atom. The second kappa shape index (κ2) is 6.50. The Morgan fingerprint density at radius 2 is 1.89 bits per heavy atom. The summed E-state index contributed by atoms with van der Waals surface area (Å²) in [6, 6.07) is 8.95. The van der Waals surface area contributed by atoms with Gasteiger partial charge in [-0.25, -0.2) is 9.78 Å². The van der Waals surface area contributed by atoms with E-state index in [4.69, 9.17) is 4.74 Å². The van der Waals surface area contributed by atoms with Crippen molar-refractivity contribution in [3.05, 3.63) is 46.4 Å². The summed E-state index contributed by atoms with van der Waals surface area (Å²) in [7, 11) is 3.04. The van der Waals surface area contributed by atoms with Crippen LogP contribution < -0.4 is 10.5 Å². The van der Waals surface area contributed by atoms with Crippen LogP contribution in [0, 0.1) is 0 Å². The first kappa shape index (κ1) is 18.6. The molecule has 0 radical (unpaired) electrons. The third-order valence-electron chi connectivity index (χ3n) is 4.21. The lowest BCUT2D eigenvalue weighted by molar-refractivity contribution is 0.0589. The summed E-state index contributed by atoms with van der Waals surface area (Å²) in [6.45, 7) is 5.27. The van der Waals surface area contributed by atoms with Crippen molar-refractivity contribution in [2.45, 2.75) is 26.4 Å². The van der Waals surface area contributed by atoms with Gasteiger partial charge in [-0.1, -0.05) is 18.2 Å². The van der Waals surface area contributed by atoms with Crippen LogP contribution in [-0.2, 0) is 11.8 Å². The van der Waals surface area contributed by atoms with E-state index in [9.17, 15) is 14.4 Å². The summed E-state index contributed by atoms with van der Waals surface area (Å²) < 4.78 is 6.71. The number of anilines is 1. The van der Waals surface area contributed by atoms with Gasteiger partial charge in [0, 0.05) is 24.9 Å². The fourth-order valence-electron chi connectivity index (χ4n) is 2.97. The number of para-hydroxylation sites is 1. The minimum absolute atomic E-state index is 0.160. The average Bonchev–Trinajstić information content (AvgIpc) is 2.61. The van der Waals surface area contributed by atoms with E-state index in [1.54, 1.807) is 40.0 Å². The molecular formula is C20H21N3O4. The van der Waals surface area contributed by atoms with Crippen molar-refractivity contribution < 1.29 is 14.3 Å². The number of rotatable bonds is 2. The number of fused-ring (bicyclic) bond motifs is 3. The molecule has 0 saturated carbocycles. The molecule has 2 heterocycles. The molecule has 7 nitrogen and oxygen atoms in total. The van der Waals surface area contributed by atoms with E-state index in [0.717, 1.165) is 5.39 Å². The maximum Gasteiger partial charge on any atom is 0.414 e. The maximum atomic E-state index is 12.9. The molecule has 7 heteroatoms. The van der Waals surface area contributed by atoms with Gasteiger partial charge in [0.25, 0.3) is 5.56 Å². The number of carbonyl (C=O) groups excluding carboxylic acids is 2. The Bertz CT molecular complexity index is 1130. The molecule has 0 aliphatic heterocycles. The average molecular weight is 367 g/mol. The highest BCUT2D eigenvalue weighted by Crippen LogP contribution is 2.27. The summed E-state index contributed by atoms with van der Waals surface area (Å²) in [6.07, 6.45) is -0.00113. The van der Waals surface area contributed by atoms with Gasteiger partial charge in [0.2, 0.25) is 0 Å². The zero-order chi connectivity index (χ0) is 19.9. The summed E-state index contributed by atoms with van der Waals surface area (Å²) in [5.41, 5.74) is 0.291. The van der Waals surface area contributed by atoms with Crippen molar-refractivity contribution in [3.8, 4) is 0 Å². The van der Waals surface area contributed by atoms with Crippen LogP contribution in [0.25, 0.3) is 21.8 Å². The smallest absolute Gasteiger partial charge is 0.414 e. The second-order valence-electron chi connectivity index (χ2n) is 7.33. The number of pyridine rings is 2. The Kier molecular flexibility index (Phi) is 4.47. The third kappa shape index (κ3) is 3.28. The molecule has 0 fully saturated rings. The van der Waals surface area contributed by atoms with Crippen molar-refractivity contribution in [2.24, 2.45) is 7.05 Å². The van der Waals surface area contributed by atoms with Crippen molar-refractivity contribution >= 4 is 39.9 Å². The molecule has 0 unspecified atom stereocenters. The van der Waals surface area contributed by atoms with Crippen LogP contribution in [-0.4, -0.2) is 34.6 Å². The minimum atomic E-state index is -0.686. The van der Waals surface area contributed by atoms with Crippen molar-refractivity contribution in [3.63, 3.8) is 0 Å². The molecule has 2 aromatic heterocycles. The number of carbonyl (C=O) groups is 2. The lowest BCUT2D eigenvalue weighted by Gasteiger charge is -2.25. The van der Waals surface area contributed by atoms with E-state index in [0.29, 0.717) is 22.7 Å². The fraction of sp³-hybridized carbons (Fsp3) is 0.300. The first-order valence-corrected chi connectivity index (χ1v) is 8.48. The Balaban J connectivity index is 2.32. The number of amides is 1. The van der Waals surface area contributed by atoms with Crippen LogP contribution in [0.4, 0.5) is 10.5 Å². The fourth-order valence-corrected chi connectivity index (χ4v) is 2.97. The van der Waals surface area contributed by atoms with Crippen LogP contribution in [0.15, 0.2) is 35.1 Å². The number of aldehydes is 1. The standard InChI is InChI=1S/C20H21N3O4/c1-20(2,3)27-19(26)22(4)16-10-13-12-8-6-7-9-14(12)21-15(11-24)17(13)23(5)18(16)25/h6-11H,1-5H3. The molecule has 0 aliphatic rings. The number of nitrogens with zero attached hydrogens (tertiary/aromatic N) is 3. The van der Waals surface area contributed by atoms with Crippen LogP contribution in [0.1, 0.15) is 31.3 Å². The molecule has 0 saturated heterocycles. The molecule has 140 valence electrons. The van der Waals surface area contributed by atoms with Gasteiger partial charge in [-0.3, -0.25) is 14.5 Å². The highest BCUT2D eigenvalue weighted by atomic mass is 16.6. The summed E-state index contributed by atoms with van der Waals surface area (Å²) >= 11 is 0. The Labute approximate surface area is 156 Å². The third-order valence-corrected chi connectivity index (χ3v) is 4.21. The molecule has 1 aromatic carbocycles. The largest absolute Gasteiger partial charge is 0.443 e. The lowest BCUT2D eigenvalue weighted by Crippen LogP contribution is -2.37. The number of aromatic nitrogens is 2. The predicted molar refractivity (Wildman–Crippen MR) is 105 cm³/mol. The number of hydrogen-bond acceptors (Lipinski definition) is 5. The van der Waals surface area contributed by atoms with E-state index in [2.05, 4.69) is 4.98 Å². The van der Waals surface area contributed by atoms with E-state index >= 15 is 0 Å². The summed E-state index contributed by atoms with van der Waals surface area (Å²) in [4.78, 5) is 42.4. The van der Waals surface area contributed by atoms with Gasteiger partial charge in [0.15, 0.2) is 6.29 Å². The lowest BCUT2D eigenvalue weighted by atomic mass is 10.1. The zero-order valence-corrected chi connectivity index (χ0v) is 15.9. The number of hydrogen-bond donors (Lipinski definition) is 0. The molecule has 0 bridgehead atoms.